The summed E-state index contributed by atoms with van der Waals surface area (Å²) < 4.78 is 30.9. The summed E-state index contributed by atoms with van der Waals surface area (Å²) in [6.45, 7) is 11.1. The van der Waals surface area contributed by atoms with Gasteiger partial charge in [-0.15, -0.1) is 6.58 Å². The lowest BCUT2D eigenvalue weighted by molar-refractivity contribution is -0.0227. The predicted octanol–water partition coefficient (Wildman–Crippen LogP) is 3.57. The molecule has 19 heavy (non-hydrogen) atoms. The van der Waals surface area contributed by atoms with Crippen molar-refractivity contribution in [3.05, 3.63) is 42.5 Å². The van der Waals surface area contributed by atoms with E-state index in [2.05, 4.69) is 6.58 Å². The molecule has 0 bridgehead atoms. The SMILES string of the molecule is C=C(C)CC(OC(C)(C)C)S(=O)(=O)c1ccccc1. The van der Waals surface area contributed by atoms with Crippen molar-refractivity contribution in [2.24, 2.45) is 0 Å². The van der Waals surface area contributed by atoms with E-state index in [1.165, 1.54) is 0 Å². The number of hydrogen-bond donors (Lipinski definition) is 0. The molecule has 0 aliphatic rings. The van der Waals surface area contributed by atoms with Crippen LogP contribution in [0.25, 0.3) is 0 Å². The average Bonchev–Trinajstić information content (AvgIpc) is 2.27. The molecule has 106 valence electrons. The van der Waals surface area contributed by atoms with Crippen LogP contribution in [0.4, 0.5) is 0 Å². The lowest BCUT2D eigenvalue weighted by atomic mass is 10.2. The molecule has 0 spiro atoms. The van der Waals surface area contributed by atoms with E-state index < -0.39 is 20.9 Å². The van der Waals surface area contributed by atoms with E-state index in [-0.39, 0.29) is 4.90 Å². The van der Waals surface area contributed by atoms with E-state index in [0.29, 0.717) is 6.42 Å². The number of ether oxygens (including phenoxy) is 1. The molecule has 0 saturated heterocycles. The topological polar surface area (TPSA) is 43.4 Å². The molecule has 4 heteroatoms. The monoisotopic (exact) mass is 282 g/mol. The van der Waals surface area contributed by atoms with Gasteiger partial charge in [0, 0.05) is 6.42 Å². The van der Waals surface area contributed by atoms with Crippen LogP contribution < -0.4 is 0 Å². The van der Waals surface area contributed by atoms with Crippen molar-refractivity contribution in [2.75, 3.05) is 0 Å². The molecule has 1 atom stereocenters. The molecule has 0 radical (unpaired) electrons. The van der Waals surface area contributed by atoms with Crippen LogP contribution in [-0.2, 0) is 14.6 Å². The number of benzene rings is 1. The minimum absolute atomic E-state index is 0.283. The summed E-state index contributed by atoms with van der Waals surface area (Å²) in [4.78, 5) is 0.283. The zero-order valence-electron chi connectivity index (χ0n) is 12.0. The summed E-state index contributed by atoms with van der Waals surface area (Å²) in [5.41, 5.74) is -0.636. The van der Waals surface area contributed by atoms with Crippen LogP contribution in [0.1, 0.15) is 34.1 Å². The van der Waals surface area contributed by atoms with Crippen molar-refractivity contribution in [1.82, 2.24) is 0 Å². The van der Waals surface area contributed by atoms with E-state index >= 15 is 0 Å². The lowest BCUT2D eigenvalue weighted by Crippen LogP contribution is -2.33. The average molecular weight is 282 g/mol. The molecule has 0 aliphatic heterocycles. The molecule has 0 amide bonds. The van der Waals surface area contributed by atoms with E-state index in [4.69, 9.17) is 4.74 Å². The fraction of sp³-hybridized carbons (Fsp3) is 0.467. The second kappa shape index (κ2) is 5.88. The summed E-state index contributed by atoms with van der Waals surface area (Å²) in [7, 11) is -3.51. The smallest absolute Gasteiger partial charge is 0.205 e. The molecule has 1 aromatic rings. The van der Waals surface area contributed by atoms with Crippen molar-refractivity contribution >= 4 is 9.84 Å². The molecular weight excluding hydrogens is 260 g/mol. The summed E-state index contributed by atoms with van der Waals surface area (Å²) in [6, 6.07) is 8.39. The second-order valence-corrected chi connectivity index (χ2v) is 7.77. The van der Waals surface area contributed by atoms with Crippen molar-refractivity contribution in [3.63, 3.8) is 0 Å². The van der Waals surface area contributed by atoms with Crippen LogP contribution in [0.2, 0.25) is 0 Å². The van der Waals surface area contributed by atoms with Gasteiger partial charge in [-0.3, -0.25) is 0 Å². The van der Waals surface area contributed by atoms with E-state index in [1.807, 2.05) is 20.8 Å². The Balaban J connectivity index is 3.13. The minimum Gasteiger partial charge on any atom is -0.356 e. The highest BCUT2D eigenvalue weighted by Gasteiger charge is 2.31. The van der Waals surface area contributed by atoms with E-state index in [0.717, 1.165) is 5.57 Å². The third-order valence-electron chi connectivity index (χ3n) is 2.42. The molecular formula is C15H22O3S. The number of sulfone groups is 1. The first kappa shape index (κ1) is 15.9. The quantitative estimate of drug-likeness (QED) is 0.775. The van der Waals surface area contributed by atoms with Gasteiger partial charge < -0.3 is 4.74 Å². The van der Waals surface area contributed by atoms with Gasteiger partial charge in [0.2, 0.25) is 9.84 Å². The molecule has 0 heterocycles. The maximum absolute atomic E-state index is 12.6. The van der Waals surface area contributed by atoms with Crippen LogP contribution in [0, 0.1) is 0 Å². The van der Waals surface area contributed by atoms with Crippen molar-refractivity contribution in [2.45, 2.75) is 50.0 Å². The van der Waals surface area contributed by atoms with E-state index in [9.17, 15) is 8.42 Å². The Morgan fingerprint density at radius 1 is 1.26 bits per heavy atom. The summed E-state index contributed by atoms with van der Waals surface area (Å²) in [5, 5.41) is 0. The molecule has 0 N–H and O–H groups in total. The summed E-state index contributed by atoms with van der Waals surface area (Å²) >= 11 is 0. The van der Waals surface area contributed by atoms with Gasteiger partial charge in [-0.05, 0) is 39.8 Å². The Hall–Kier alpha value is -1.13. The van der Waals surface area contributed by atoms with Crippen LogP contribution in [0.3, 0.4) is 0 Å². The van der Waals surface area contributed by atoms with Gasteiger partial charge >= 0.3 is 0 Å². The normalized spacial score (nSPS) is 14.1. The highest BCUT2D eigenvalue weighted by atomic mass is 32.2. The van der Waals surface area contributed by atoms with E-state index in [1.54, 1.807) is 37.3 Å². The number of rotatable bonds is 5. The zero-order valence-corrected chi connectivity index (χ0v) is 12.8. The van der Waals surface area contributed by atoms with Gasteiger partial charge in [0.25, 0.3) is 0 Å². The fourth-order valence-electron chi connectivity index (χ4n) is 1.66. The van der Waals surface area contributed by atoms with Gasteiger partial charge in [0.05, 0.1) is 10.5 Å². The Morgan fingerprint density at radius 2 is 1.79 bits per heavy atom. The van der Waals surface area contributed by atoms with Crippen molar-refractivity contribution < 1.29 is 13.2 Å². The maximum atomic E-state index is 12.6. The second-order valence-electron chi connectivity index (χ2n) is 5.68. The molecule has 0 aromatic heterocycles. The number of hydrogen-bond acceptors (Lipinski definition) is 3. The zero-order chi connectivity index (χ0) is 14.7. The summed E-state index contributed by atoms with van der Waals surface area (Å²) in [6.07, 6.45) is 0.300. The van der Waals surface area contributed by atoms with Gasteiger partial charge in [-0.25, -0.2) is 8.42 Å². The first-order valence-corrected chi connectivity index (χ1v) is 7.79. The Kier molecular flexibility index (Phi) is 4.93. The first-order chi connectivity index (χ1) is 8.63. The lowest BCUT2D eigenvalue weighted by Gasteiger charge is -2.27. The summed E-state index contributed by atoms with van der Waals surface area (Å²) in [5.74, 6) is 0. The Bertz CT molecular complexity index is 524. The molecule has 0 aliphatic carbocycles. The van der Waals surface area contributed by atoms with Crippen molar-refractivity contribution in [3.8, 4) is 0 Å². The van der Waals surface area contributed by atoms with Crippen LogP contribution >= 0.6 is 0 Å². The Labute approximate surface area is 116 Å². The highest BCUT2D eigenvalue weighted by molar-refractivity contribution is 7.92. The largest absolute Gasteiger partial charge is 0.356 e. The first-order valence-electron chi connectivity index (χ1n) is 6.24. The molecule has 3 nitrogen and oxygen atoms in total. The van der Waals surface area contributed by atoms with Gasteiger partial charge in [-0.2, -0.15) is 0 Å². The van der Waals surface area contributed by atoms with Gasteiger partial charge in [-0.1, -0.05) is 23.8 Å². The van der Waals surface area contributed by atoms with Crippen LogP contribution in [-0.4, -0.2) is 19.5 Å². The van der Waals surface area contributed by atoms with Gasteiger partial charge in [0.15, 0.2) is 5.44 Å². The molecule has 1 unspecified atom stereocenters. The highest BCUT2D eigenvalue weighted by Crippen LogP contribution is 2.25. The third-order valence-corrected chi connectivity index (χ3v) is 4.30. The minimum atomic E-state index is -3.51. The standard InChI is InChI=1S/C15H22O3S/c1-12(2)11-14(18-15(3,4)5)19(16,17)13-9-7-6-8-10-13/h6-10,14H,1,11H2,2-5H3. The maximum Gasteiger partial charge on any atom is 0.205 e. The van der Waals surface area contributed by atoms with Crippen LogP contribution in [0.5, 0.6) is 0 Å². The molecule has 0 fully saturated rings. The molecule has 1 aromatic carbocycles. The third kappa shape index (κ3) is 4.80. The Morgan fingerprint density at radius 3 is 2.21 bits per heavy atom. The van der Waals surface area contributed by atoms with Gasteiger partial charge in [0.1, 0.15) is 0 Å². The predicted molar refractivity (Wildman–Crippen MR) is 77.7 cm³/mol. The van der Waals surface area contributed by atoms with Crippen molar-refractivity contribution in [1.29, 1.82) is 0 Å². The van der Waals surface area contributed by atoms with Crippen LogP contribution in [0.15, 0.2) is 47.4 Å². The fourth-order valence-corrected chi connectivity index (χ4v) is 3.41. The molecule has 1 rings (SSSR count). The molecule has 0 saturated carbocycles.